The lowest BCUT2D eigenvalue weighted by Crippen LogP contribution is -2.53. The number of thiophene rings is 1. The molecule has 1 aliphatic carbocycles. The number of hydrogen-bond acceptors (Lipinski definition) is 7. The number of benzene rings is 1. The Labute approximate surface area is 263 Å². The Morgan fingerprint density at radius 2 is 1.88 bits per heavy atom. The van der Waals surface area contributed by atoms with Gasteiger partial charge in [-0.3, -0.25) is 15.0 Å². The van der Waals surface area contributed by atoms with Crippen molar-refractivity contribution >= 4 is 85.6 Å². The van der Waals surface area contributed by atoms with Gasteiger partial charge in [-0.15, -0.1) is 11.3 Å². The average molecular weight is 674 g/mol. The van der Waals surface area contributed by atoms with Gasteiger partial charge in [0.1, 0.15) is 10.7 Å². The number of carboxylic acids is 1. The van der Waals surface area contributed by atoms with Gasteiger partial charge in [0.2, 0.25) is 0 Å². The average Bonchev–Trinajstić information content (AvgIpc) is 3.68. The third-order valence-corrected chi connectivity index (χ3v) is 11.0. The van der Waals surface area contributed by atoms with Gasteiger partial charge < -0.3 is 10.0 Å². The number of nitrogens with one attached hydrogen (secondary N) is 1. The summed E-state index contributed by atoms with van der Waals surface area (Å²) in [4.78, 5) is 34.6. The van der Waals surface area contributed by atoms with E-state index in [1.54, 1.807) is 0 Å². The third-order valence-electron chi connectivity index (χ3n) is 8.09. The zero-order valence-electron chi connectivity index (χ0n) is 22.2. The molecule has 1 aromatic carbocycles. The Hall–Kier alpha value is -2.28. The number of carbonyl (C=O) groups is 2. The van der Waals surface area contributed by atoms with Crippen LogP contribution in [0.25, 0.3) is 16.6 Å². The largest absolute Gasteiger partial charge is 0.478 e. The number of amides is 1. The Kier molecular flexibility index (Phi) is 8.04. The van der Waals surface area contributed by atoms with Crippen molar-refractivity contribution in [1.82, 2.24) is 9.88 Å². The second kappa shape index (κ2) is 11.3. The molecule has 2 aromatic heterocycles. The molecular formula is C28H25Cl3F2N4O3S2. The Morgan fingerprint density at radius 3 is 2.50 bits per heavy atom. The summed E-state index contributed by atoms with van der Waals surface area (Å²) >= 11 is 21.8. The number of thiazole rings is 1. The Morgan fingerprint density at radius 1 is 1.17 bits per heavy atom. The first kappa shape index (κ1) is 29.8. The van der Waals surface area contributed by atoms with Crippen LogP contribution in [0.15, 0.2) is 29.2 Å². The molecular weight excluding hydrogens is 649 g/mol. The smallest absolute Gasteiger partial charge is 0.331 e. The predicted molar refractivity (Wildman–Crippen MR) is 165 cm³/mol. The van der Waals surface area contributed by atoms with Gasteiger partial charge >= 0.3 is 5.97 Å². The lowest BCUT2D eigenvalue weighted by atomic mass is 9.86. The number of aliphatic carboxylic acids is 1. The number of nitrogens with zero attached hydrogens (tertiary/aromatic N) is 3. The van der Waals surface area contributed by atoms with Crippen LogP contribution in [-0.2, 0) is 4.79 Å². The van der Waals surface area contributed by atoms with Crippen LogP contribution in [0.2, 0.25) is 15.1 Å². The van der Waals surface area contributed by atoms with Crippen molar-refractivity contribution in [1.29, 1.82) is 0 Å². The molecule has 0 bridgehead atoms. The van der Waals surface area contributed by atoms with Crippen molar-refractivity contribution in [3.05, 3.63) is 55.3 Å². The fourth-order valence-corrected chi connectivity index (χ4v) is 8.67. The van der Waals surface area contributed by atoms with Crippen LogP contribution in [0, 0.1) is 5.92 Å². The topological polar surface area (TPSA) is 85.8 Å². The van der Waals surface area contributed by atoms with Gasteiger partial charge in [0, 0.05) is 60.1 Å². The van der Waals surface area contributed by atoms with Gasteiger partial charge in [-0.25, -0.2) is 18.6 Å². The zero-order chi connectivity index (χ0) is 29.9. The number of likely N-dealkylation sites (tertiary alicyclic amines) is 1. The molecule has 0 radical (unpaired) electrons. The van der Waals surface area contributed by atoms with Crippen molar-refractivity contribution < 1.29 is 23.5 Å². The van der Waals surface area contributed by atoms with E-state index in [2.05, 4.69) is 15.1 Å². The minimum atomic E-state index is -2.56. The van der Waals surface area contributed by atoms with Crippen molar-refractivity contribution in [3.63, 3.8) is 0 Å². The molecule has 2 aliphatic heterocycles. The molecule has 3 aliphatic rings. The van der Waals surface area contributed by atoms with Crippen LogP contribution in [0.4, 0.5) is 18.9 Å². The molecule has 3 fully saturated rings. The van der Waals surface area contributed by atoms with E-state index < -0.39 is 17.8 Å². The van der Waals surface area contributed by atoms with Gasteiger partial charge in [-0.2, -0.15) is 0 Å². The maximum absolute atomic E-state index is 13.6. The van der Waals surface area contributed by atoms with Gasteiger partial charge in [0.15, 0.2) is 5.13 Å². The van der Waals surface area contributed by atoms with E-state index in [0.717, 1.165) is 29.4 Å². The molecule has 2 saturated heterocycles. The maximum Gasteiger partial charge on any atom is 0.331 e. The molecule has 6 rings (SSSR count). The molecule has 0 spiro atoms. The van der Waals surface area contributed by atoms with Crippen molar-refractivity contribution in [2.75, 3.05) is 29.9 Å². The van der Waals surface area contributed by atoms with Crippen molar-refractivity contribution in [3.8, 4) is 10.6 Å². The minimum absolute atomic E-state index is 0.0484. The minimum Gasteiger partial charge on any atom is -0.478 e. The number of anilines is 2. The molecule has 3 aromatic rings. The SMILES string of the molecule is C/C(=C\c1c(Cl)cc(C(=O)Nc2nc(-c3cc(Cl)cs3)c(N3CC4CCN(C5CC(F)(F)C5)C4C3)s2)cc1Cl)C(=O)O. The number of aromatic nitrogens is 1. The molecule has 14 heteroatoms. The van der Waals surface area contributed by atoms with Gasteiger partial charge in [-0.1, -0.05) is 46.1 Å². The summed E-state index contributed by atoms with van der Waals surface area (Å²) in [6.07, 6.45) is 2.17. The molecule has 2 N–H and O–H groups in total. The summed E-state index contributed by atoms with van der Waals surface area (Å²) in [6, 6.07) is 4.82. The summed E-state index contributed by atoms with van der Waals surface area (Å²) in [5.41, 5.74) is 1.25. The fraction of sp³-hybridized carbons (Fsp3) is 0.393. The summed E-state index contributed by atoms with van der Waals surface area (Å²) in [6.45, 7) is 3.74. The van der Waals surface area contributed by atoms with E-state index in [1.165, 1.54) is 47.8 Å². The molecule has 1 amide bonds. The van der Waals surface area contributed by atoms with Crippen LogP contribution in [0.3, 0.4) is 0 Å². The molecule has 222 valence electrons. The van der Waals surface area contributed by atoms with E-state index in [-0.39, 0.29) is 46.1 Å². The van der Waals surface area contributed by atoms with Crippen LogP contribution < -0.4 is 10.2 Å². The van der Waals surface area contributed by atoms with Gasteiger partial charge in [0.05, 0.1) is 19.9 Å². The molecule has 2 unspecified atom stereocenters. The van der Waals surface area contributed by atoms with Crippen LogP contribution >= 0.6 is 57.5 Å². The number of hydrogen-bond donors (Lipinski definition) is 2. The number of carbonyl (C=O) groups excluding carboxylic acids is 1. The van der Waals surface area contributed by atoms with E-state index in [0.29, 0.717) is 33.9 Å². The highest BCUT2D eigenvalue weighted by Crippen LogP contribution is 2.48. The Bertz CT molecular complexity index is 1580. The Balaban J connectivity index is 1.24. The number of alkyl halides is 2. The number of halogens is 5. The summed E-state index contributed by atoms with van der Waals surface area (Å²) in [5.74, 6) is -3.76. The third kappa shape index (κ3) is 5.79. The first-order valence-corrected chi connectivity index (χ1v) is 16.1. The maximum atomic E-state index is 13.6. The first-order chi connectivity index (χ1) is 19.9. The van der Waals surface area contributed by atoms with Crippen molar-refractivity contribution in [2.24, 2.45) is 5.92 Å². The lowest BCUT2D eigenvalue weighted by Gasteiger charge is -2.43. The molecule has 7 nitrogen and oxygen atoms in total. The highest BCUT2D eigenvalue weighted by atomic mass is 35.5. The van der Waals surface area contributed by atoms with Crippen LogP contribution in [-0.4, -0.2) is 64.5 Å². The van der Waals surface area contributed by atoms with Gasteiger partial charge in [0.25, 0.3) is 11.8 Å². The van der Waals surface area contributed by atoms with E-state index >= 15 is 0 Å². The quantitative estimate of drug-likeness (QED) is 0.248. The molecule has 2 atom stereocenters. The first-order valence-electron chi connectivity index (χ1n) is 13.2. The highest BCUT2D eigenvalue weighted by Gasteiger charge is 2.53. The number of fused-ring (bicyclic) bond motifs is 1. The standard InChI is InChI=1S/C28H25Cl3F2N4O3S2/c1-13(26(39)40)4-18-19(30)5-15(6-20(18)31)24(38)35-27-34-23(22-7-16(29)12-41-22)25(42-27)36-10-14-2-3-37(21(14)11-36)17-8-28(32,33)9-17/h4-7,12,14,17,21H,2-3,8-11H2,1H3,(H,39,40)(H,34,35,38)/b13-4+. The number of carboxylic acid groups (broad SMARTS) is 1. The monoisotopic (exact) mass is 672 g/mol. The number of rotatable bonds is 7. The molecule has 1 saturated carbocycles. The van der Waals surface area contributed by atoms with Crippen LogP contribution in [0.5, 0.6) is 0 Å². The lowest BCUT2D eigenvalue weighted by molar-refractivity contribution is -0.132. The molecule has 4 heterocycles. The van der Waals surface area contributed by atoms with Crippen LogP contribution in [0.1, 0.15) is 42.1 Å². The van der Waals surface area contributed by atoms with E-state index in [4.69, 9.17) is 39.8 Å². The second-order valence-electron chi connectivity index (χ2n) is 10.9. The van der Waals surface area contributed by atoms with E-state index in [9.17, 15) is 23.5 Å². The highest BCUT2D eigenvalue weighted by molar-refractivity contribution is 7.21. The predicted octanol–water partition coefficient (Wildman–Crippen LogP) is 7.88. The van der Waals surface area contributed by atoms with Gasteiger partial charge in [-0.05, 0) is 50.1 Å². The fourth-order valence-electron chi connectivity index (χ4n) is 5.96. The van der Waals surface area contributed by atoms with E-state index in [1.807, 2.05) is 11.4 Å². The summed E-state index contributed by atoms with van der Waals surface area (Å²) < 4.78 is 27.2. The zero-order valence-corrected chi connectivity index (χ0v) is 26.1. The summed E-state index contributed by atoms with van der Waals surface area (Å²) in [7, 11) is 0. The normalized spacial score (nSPS) is 22.3. The van der Waals surface area contributed by atoms with Crippen molar-refractivity contribution in [2.45, 2.75) is 44.2 Å². The summed E-state index contributed by atoms with van der Waals surface area (Å²) in [5, 5.41) is 16.0. The molecule has 42 heavy (non-hydrogen) atoms. The second-order valence-corrected chi connectivity index (χ2v) is 14.1.